The van der Waals surface area contributed by atoms with Crippen LogP contribution in [0.4, 0.5) is 5.82 Å². The monoisotopic (exact) mass is 541 g/mol. The molecule has 0 spiro atoms. The minimum atomic E-state index is -0.499. The number of fused-ring (bicyclic) bond motifs is 2. The van der Waals surface area contributed by atoms with Crippen LogP contribution in [0.25, 0.3) is 11.3 Å². The quantitative estimate of drug-likeness (QED) is 0.407. The molecule has 6 rings (SSSR count). The summed E-state index contributed by atoms with van der Waals surface area (Å²) in [7, 11) is 3.15. The van der Waals surface area contributed by atoms with E-state index in [2.05, 4.69) is 54.4 Å². The van der Waals surface area contributed by atoms with E-state index in [9.17, 15) is 4.79 Å². The van der Waals surface area contributed by atoms with Crippen molar-refractivity contribution >= 4 is 11.8 Å². The summed E-state index contributed by atoms with van der Waals surface area (Å²) in [5, 5.41) is 3.53. The van der Waals surface area contributed by atoms with E-state index in [0.29, 0.717) is 19.1 Å². The van der Waals surface area contributed by atoms with Gasteiger partial charge in [0.2, 0.25) is 0 Å². The van der Waals surface area contributed by atoms with Gasteiger partial charge in [-0.1, -0.05) is 43.3 Å². The first-order chi connectivity index (χ1) is 19.5. The van der Waals surface area contributed by atoms with Gasteiger partial charge in [-0.2, -0.15) is 0 Å². The molecule has 0 unspecified atom stereocenters. The van der Waals surface area contributed by atoms with Gasteiger partial charge in [-0.05, 0) is 78.6 Å². The van der Waals surface area contributed by atoms with Crippen LogP contribution in [-0.2, 0) is 27.3 Å². The zero-order valence-corrected chi connectivity index (χ0v) is 23.9. The van der Waals surface area contributed by atoms with Crippen LogP contribution in [0.1, 0.15) is 41.5 Å². The van der Waals surface area contributed by atoms with E-state index in [-0.39, 0.29) is 17.9 Å². The molecule has 4 atom stereocenters. The maximum atomic E-state index is 12.8. The molecule has 1 aromatic heterocycles. The van der Waals surface area contributed by atoms with Crippen molar-refractivity contribution in [2.75, 3.05) is 45.4 Å². The van der Waals surface area contributed by atoms with Gasteiger partial charge in [-0.3, -0.25) is 4.79 Å². The van der Waals surface area contributed by atoms with Gasteiger partial charge in [0.05, 0.1) is 30.9 Å². The number of rotatable bonds is 8. The van der Waals surface area contributed by atoms with E-state index in [1.54, 1.807) is 7.11 Å². The summed E-state index contributed by atoms with van der Waals surface area (Å²) >= 11 is 0. The highest BCUT2D eigenvalue weighted by atomic mass is 16.5. The minimum absolute atomic E-state index is 0.100. The summed E-state index contributed by atoms with van der Waals surface area (Å²) in [5.74, 6) is 2.30. The van der Waals surface area contributed by atoms with Gasteiger partial charge in [0, 0.05) is 25.8 Å². The highest BCUT2D eigenvalue weighted by molar-refractivity contribution is 5.84. The summed E-state index contributed by atoms with van der Waals surface area (Å²) in [5.41, 5.74) is 6.41. The molecule has 2 aromatic carbocycles. The van der Waals surface area contributed by atoms with Crippen molar-refractivity contribution in [2.45, 2.75) is 45.3 Å². The Kier molecular flexibility index (Phi) is 7.27. The number of hydrogen-bond donors (Lipinski definition) is 1. The largest absolute Gasteiger partial charge is 0.488 e. The van der Waals surface area contributed by atoms with Gasteiger partial charge in [-0.25, -0.2) is 4.98 Å². The minimum Gasteiger partial charge on any atom is -0.488 e. The van der Waals surface area contributed by atoms with Gasteiger partial charge in [-0.15, -0.1) is 0 Å². The van der Waals surface area contributed by atoms with E-state index in [0.717, 1.165) is 60.9 Å². The first-order valence-electron chi connectivity index (χ1n) is 14.3. The van der Waals surface area contributed by atoms with Crippen LogP contribution >= 0.6 is 0 Å². The van der Waals surface area contributed by atoms with Gasteiger partial charge in [0.15, 0.2) is 0 Å². The lowest BCUT2D eigenvalue weighted by Crippen LogP contribution is -2.44. The van der Waals surface area contributed by atoms with Crippen LogP contribution in [0.5, 0.6) is 5.75 Å². The van der Waals surface area contributed by atoms with Crippen LogP contribution in [0.2, 0.25) is 0 Å². The molecular formula is C33H39N3O4. The molecule has 0 radical (unpaired) electrons. The molecule has 1 saturated heterocycles. The van der Waals surface area contributed by atoms with Crippen molar-refractivity contribution in [1.82, 2.24) is 10.3 Å². The molecule has 3 aromatic rings. The maximum Gasteiger partial charge on any atom is 0.314 e. The number of benzene rings is 2. The van der Waals surface area contributed by atoms with Gasteiger partial charge in [0.25, 0.3) is 0 Å². The summed E-state index contributed by atoms with van der Waals surface area (Å²) in [6.07, 6.45) is 1.91. The van der Waals surface area contributed by atoms with E-state index in [1.807, 2.05) is 24.3 Å². The van der Waals surface area contributed by atoms with Crippen molar-refractivity contribution in [2.24, 2.45) is 11.3 Å². The Morgan fingerprint density at radius 1 is 1.15 bits per heavy atom. The molecule has 40 heavy (non-hydrogen) atoms. The summed E-state index contributed by atoms with van der Waals surface area (Å²) < 4.78 is 17.3. The zero-order chi connectivity index (χ0) is 27.9. The Labute approximate surface area is 236 Å². The predicted octanol–water partition coefficient (Wildman–Crippen LogP) is 4.90. The summed E-state index contributed by atoms with van der Waals surface area (Å²) in [6.45, 7) is 8.11. The van der Waals surface area contributed by atoms with Crippen LogP contribution in [-0.4, -0.2) is 57.5 Å². The number of nitrogens with one attached hydrogen (secondary N) is 1. The van der Waals surface area contributed by atoms with Crippen LogP contribution in [0.3, 0.4) is 0 Å². The predicted molar refractivity (Wildman–Crippen MR) is 156 cm³/mol. The Balaban J connectivity index is 1.27. The lowest BCUT2D eigenvalue weighted by molar-refractivity contribution is -0.148. The normalized spacial score (nSPS) is 25.1. The second kappa shape index (κ2) is 10.9. The Hall–Kier alpha value is -3.42. The number of methoxy groups -OCH3 is 2. The van der Waals surface area contributed by atoms with Crippen molar-refractivity contribution in [3.63, 3.8) is 0 Å². The average molecular weight is 542 g/mol. The molecule has 1 saturated carbocycles. The first-order valence-corrected chi connectivity index (χ1v) is 14.3. The molecule has 2 aliphatic heterocycles. The standard InChI is InChI=1S/C33H39N3O4/c1-21-7-5-8-26(31(21)40-19-23-11-12-24-13-14-34-17-22(2)27(24)15-23)28-9-6-10-30(35-28)36-18-25-16-33(25,32(37)39-4)29(36)20-38-3/h5-12,15,22,25,29,34H,13-14,16-20H2,1-4H3/t22-,25+,29-,33-/m1/s1. The van der Waals surface area contributed by atoms with E-state index in [1.165, 1.54) is 23.8 Å². The fraction of sp³-hybridized carbons (Fsp3) is 0.455. The highest BCUT2D eigenvalue weighted by Gasteiger charge is 2.71. The van der Waals surface area contributed by atoms with E-state index < -0.39 is 5.41 Å². The number of aromatic nitrogens is 1. The molecule has 1 aliphatic carbocycles. The van der Waals surface area contributed by atoms with Gasteiger partial charge < -0.3 is 24.4 Å². The van der Waals surface area contributed by atoms with E-state index in [4.69, 9.17) is 19.2 Å². The third-order valence-corrected chi connectivity index (χ3v) is 9.09. The lowest BCUT2D eigenvalue weighted by Gasteiger charge is -2.31. The molecule has 210 valence electrons. The average Bonchev–Trinajstić information content (AvgIpc) is 3.66. The lowest BCUT2D eigenvalue weighted by atomic mass is 9.93. The Bertz CT molecular complexity index is 1410. The van der Waals surface area contributed by atoms with Gasteiger partial charge in [0.1, 0.15) is 18.2 Å². The molecule has 2 fully saturated rings. The fourth-order valence-electron chi connectivity index (χ4n) is 6.86. The molecule has 0 amide bonds. The Morgan fingerprint density at radius 2 is 2.00 bits per heavy atom. The number of carbonyl (C=O) groups is 1. The molecule has 1 N–H and O–H groups in total. The SMILES string of the molecule is COC[C@H]1N(c2cccc(-c3cccc(C)c3OCc3ccc4c(c3)[C@H](C)CNCC4)n2)C[C@@H]2C[C@@]21C(=O)OC. The van der Waals surface area contributed by atoms with Crippen molar-refractivity contribution in [3.05, 3.63) is 76.9 Å². The Morgan fingerprint density at radius 3 is 2.83 bits per heavy atom. The maximum absolute atomic E-state index is 12.8. The molecule has 3 heterocycles. The number of aryl methyl sites for hydroxylation is 1. The smallest absolute Gasteiger partial charge is 0.314 e. The molecule has 3 aliphatic rings. The number of anilines is 1. The fourth-order valence-corrected chi connectivity index (χ4v) is 6.86. The van der Waals surface area contributed by atoms with Crippen molar-refractivity contribution < 1.29 is 19.0 Å². The molecule has 7 nitrogen and oxygen atoms in total. The highest BCUT2D eigenvalue weighted by Crippen LogP contribution is 2.62. The number of piperidine rings is 1. The summed E-state index contributed by atoms with van der Waals surface area (Å²) in [6, 6.07) is 19.0. The van der Waals surface area contributed by atoms with E-state index >= 15 is 0 Å². The number of nitrogens with zero attached hydrogens (tertiary/aromatic N) is 2. The number of carbonyl (C=O) groups excluding carboxylic acids is 1. The molecular weight excluding hydrogens is 502 g/mol. The van der Waals surface area contributed by atoms with Crippen LogP contribution in [0, 0.1) is 18.3 Å². The van der Waals surface area contributed by atoms with Crippen LogP contribution in [0.15, 0.2) is 54.6 Å². The number of pyridine rings is 1. The number of ether oxygens (including phenoxy) is 3. The third-order valence-electron chi connectivity index (χ3n) is 9.09. The van der Waals surface area contributed by atoms with Crippen molar-refractivity contribution in [1.29, 1.82) is 0 Å². The van der Waals surface area contributed by atoms with Crippen molar-refractivity contribution in [3.8, 4) is 17.0 Å². The topological polar surface area (TPSA) is 72.9 Å². The number of hydrogen-bond acceptors (Lipinski definition) is 7. The third kappa shape index (κ3) is 4.65. The zero-order valence-electron chi connectivity index (χ0n) is 23.9. The second-order valence-electron chi connectivity index (χ2n) is 11.6. The number of esters is 1. The summed E-state index contributed by atoms with van der Waals surface area (Å²) in [4.78, 5) is 20.1. The second-order valence-corrected chi connectivity index (χ2v) is 11.6. The first kappa shape index (κ1) is 26.8. The molecule has 7 heteroatoms. The number of para-hydroxylation sites is 1. The molecule has 0 bridgehead atoms. The van der Waals surface area contributed by atoms with Gasteiger partial charge >= 0.3 is 5.97 Å². The van der Waals surface area contributed by atoms with Crippen LogP contribution < -0.4 is 15.0 Å².